The van der Waals surface area contributed by atoms with Crippen molar-refractivity contribution in [2.24, 2.45) is 5.73 Å². The molecule has 1 amide bonds. The van der Waals surface area contributed by atoms with E-state index in [0.717, 1.165) is 12.1 Å². The molecule has 0 aliphatic carbocycles. The van der Waals surface area contributed by atoms with Gasteiger partial charge >= 0.3 is 11.8 Å². The number of carbonyl (C=O) groups is 1. The Kier molecular flexibility index (Phi) is 7.98. The van der Waals surface area contributed by atoms with Crippen molar-refractivity contribution >= 4 is 11.7 Å². The van der Waals surface area contributed by atoms with Crippen molar-refractivity contribution in [3.05, 3.63) is 69.5 Å². The number of pyridine rings is 1. The van der Waals surface area contributed by atoms with Gasteiger partial charge in [0.05, 0.1) is 30.0 Å². The number of imidazole rings is 1. The number of amides is 1. The number of nitrogens with two attached hydrogens (primary N) is 1. The molecule has 36 heavy (non-hydrogen) atoms. The maximum Gasteiger partial charge on any atom is 0.415 e. The summed E-state index contributed by atoms with van der Waals surface area (Å²) in [6, 6.07) is 6.96. The number of rotatable bonds is 4. The molecule has 0 spiro atoms. The summed E-state index contributed by atoms with van der Waals surface area (Å²) in [6.45, 7) is 6.82. The fourth-order valence-corrected chi connectivity index (χ4v) is 4.13. The second-order valence-corrected chi connectivity index (χ2v) is 8.11. The van der Waals surface area contributed by atoms with Crippen LogP contribution < -0.4 is 10.5 Å². The highest BCUT2D eigenvalue weighted by atomic mass is 19.2. The van der Waals surface area contributed by atoms with Crippen molar-refractivity contribution in [1.29, 1.82) is 0 Å². The third kappa shape index (κ3) is 5.18. The normalized spacial score (nSPS) is 17.6. The Morgan fingerprint density at radius 2 is 1.89 bits per heavy atom. The van der Waals surface area contributed by atoms with Gasteiger partial charge in [0.25, 0.3) is 5.91 Å². The smallest absolute Gasteiger partial charge is 0.415 e. The lowest BCUT2D eigenvalue weighted by Crippen LogP contribution is -2.49. The largest absolute Gasteiger partial charge is 0.436 e. The minimum absolute atomic E-state index is 0.155. The Labute approximate surface area is 206 Å². The molecule has 5 rings (SSSR count). The van der Waals surface area contributed by atoms with Crippen LogP contribution in [0, 0.1) is 21.7 Å². The molecule has 0 saturated heterocycles. The van der Waals surface area contributed by atoms with Gasteiger partial charge in [-0.25, -0.2) is 8.78 Å². The van der Waals surface area contributed by atoms with E-state index in [1.54, 1.807) is 21.6 Å². The van der Waals surface area contributed by atoms with Crippen LogP contribution in [0.25, 0.3) is 11.3 Å². The molecule has 0 fully saturated rings. The van der Waals surface area contributed by atoms with Crippen LogP contribution in [-0.2, 0) is 13.0 Å². The molecule has 2 N–H and O–H groups in total. The Hall–Kier alpha value is -3.93. The quantitative estimate of drug-likeness (QED) is 0.426. The fraction of sp³-hybridized carbons (Fsp3) is 0.375. The molecular formula is C24H28F2N6O4. The molecule has 2 aliphatic rings. The fourth-order valence-electron chi connectivity index (χ4n) is 4.13. The summed E-state index contributed by atoms with van der Waals surface area (Å²) in [5.41, 5.74) is 5.65. The van der Waals surface area contributed by atoms with Crippen LogP contribution in [0.5, 0.6) is 6.01 Å². The van der Waals surface area contributed by atoms with E-state index in [0.29, 0.717) is 42.0 Å². The third-order valence-electron chi connectivity index (χ3n) is 5.61. The molecule has 12 heteroatoms. The van der Waals surface area contributed by atoms with Gasteiger partial charge in [-0.3, -0.25) is 14.3 Å². The average molecular weight is 503 g/mol. The van der Waals surface area contributed by atoms with Gasteiger partial charge in [-0.05, 0) is 49.2 Å². The lowest BCUT2D eigenvalue weighted by atomic mass is 9.99. The predicted molar refractivity (Wildman–Crippen MR) is 129 cm³/mol. The lowest BCUT2D eigenvalue weighted by Gasteiger charge is -2.34. The van der Waals surface area contributed by atoms with E-state index < -0.39 is 22.2 Å². The lowest BCUT2D eigenvalue weighted by molar-refractivity contribution is -0.389. The number of hydrogen-bond donors (Lipinski definition) is 1. The standard InChI is InChI=1S/C21H17F2N5O4.C2H6.CH5N/c1-21(11-27-9-18(28(30)31)25-20(27)32-21)10-26-7-6-17-13(19(26)29)3-5-16(24-17)12-2-4-14(22)15(23)8-12;2*1-2/h2-5,8-9H,6-7,10-11H2,1H3;1-2H3;2H2,1H3. The van der Waals surface area contributed by atoms with Crippen LogP contribution in [-0.4, -0.2) is 56.0 Å². The van der Waals surface area contributed by atoms with E-state index in [4.69, 9.17) is 4.74 Å². The minimum Gasteiger partial charge on any atom is -0.436 e. The Balaban J connectivity index is 0.000000861. The summed E-state index contributed by atoms with van der Waals surface area (Å²) in [5.74, 6) is -2.39. The van der Waals surface area contributed by atoms with Gasteiger partial charge in [-0.1, -0.05) is 13.8 Å². The van der Waals surface area contributed by atoms with Gasteiger partial charge < -0.3 is 25.5 Å². The van der Waals surface area contributed by atoms with Gasteiger partial charge in [0.1, 0.15) is 11.8 Å². The van der Waals surface area contributed by atoms with E-state index in [1.807, 2.05) is 20.8 Å². The first-order chi connectivity index (χ1) is 17.2. The van der Waals surface area contributed by atoms with Crippen LogP contribution in [0.1, 0.15) is 36.8 Å². The first-order valence-electron chi connectivity index (χ1n) is 11.5. The monoisotopic (exact) mass is 502 g/mol. The predicted octanol–water partition coefficient (Wildman–Crippen LogP) is 3.58. The minimum atomic E-state index is -0.959. The van der Waals surface area contributed by atoms with Gasteiger partial charge in [0, 0.05) is 23.5 Å². The molecule has 1 unspecified atom stereocenters. The summed E-state index contributed by atoms with van der Waals surface area (Å²) in [7, 11) is 1.50. The first kappa shape index (κ1) is 26.7. The molecular weight excluding hydrogens is 474 g/mol. The summed E-state index contributed by atoms with van der Waals surface area (Å²) < 4.78 is 34.2. The van der Waals surface area contributed by atoms with E-state index in [2.05, 4.69) is 15.7 Å². The van der Waals surface area contributed by atoms with Gasteiger partial charge in [0.2, 0.25) is 0 Å². The molecule has 3 aromatic rings. The number of aromatic nitrogens is 3. The van der Waals surface area contributed by atoms with Crippen LogP contribution in [0.3, 0.4) is 0 Å². The maximum absolute atomic E-state index is 13.6. The average Bonchev–Trinajstić information content (AvgIpc) is 3.40. The van der Waals surface area contributed by atoms with Gasteiger partial charge in [-0.15, -0.1) is 0 Å². The van der Waals surface area contributed by atoms with Crippen LogP contribution in [0.4, 0.5) is 14.6 Å². The maximum atomic E-state index is 13.6. The third-order valence-corrected chi connectivity index (χ3v) is 5.61. The van der Waals surface area contributed by atoms with E-state index in [1.165, 1.54) is 19.3 Å². The molecule has 2 aliphatic heterocycles. The number of carbonyl (C=O) groups excluding carboxylic acids is 1. The van der Waals surface area contributed by atoms with Crippen LogP contribution in [0.2, 0.25) is 0 Å². The molecule has 0 bridgehead atoms. The van der Waals surface area contributed by atoms with Crippen molar-refractivity contribution in [1.82, 2.24) is 19.4 Å². The number of nitro groups is 1. The van der Waals surface area contributed by atoms with Gasteiger partial charge in [-0.2, -0.15) is 0 Å². The molecule has 0 saturated carbocycles. The molecule has 0 radical (unpaired) electrons. The zero-order chi connectivity index (χ0) is 26.6. The van der Waals surface area contributed by atoms with E-state index in [9.17, 15) is 23.7 Å². The number of benzene rings is 1. The first-order valence-corrected chi connectivity index (χ1v) is 11.5. The number of nitrogens with zero attached hydrogens (tertiary/aromatic N) is 5. The van der Waals surface area contributed by atoms with Crippen molar-refractivity contribution in [2.45, 2.75) is 39.3 Å². The Morgan fingerprint density at radius 3 is 2.53 bits per heavy atom. The molecule has 1 aromatic carbocycles. The second-order valence-electron chi connectivity index (χ2n) is 8.11. The highest BCUT2D eigenvalue weighted by Crippen LogP contribution is 2.33. The van der Waals surface area contributed by atoms with Crippen molar-refractivity contribution in [3.63, 3.8) is 0 Å². The van der Waals surface area contributed by atoms with Gasteiger partial charge in [0.15, 0.2) is 11.6 Å². The molecule has 2 aromatic heterocycles. The molecule has 4 heterocycles. The zero-order valence-corrected chi connectivity index (χ0v) is 20.5. The highest BCUT2D eigenvalue weighted by molar-refractivity contribution is 5.96. The van der Waals surface area contributed by atoms with Crippen LogP contribution >= 0.6 is 0 Å². The van der Waals surface area contributed by atoms with E-state index in [-0.39, 0.29) is 24.3 Å². The van der Waals surface area contributed by atoms with Crippen molar-refractivity contribution in [3.8, 4) is 17.3 Å². The highest BCUT2D eigenvalue weighted by Gasteiger charge is 2.43. The topological polar surface area (TPSA) is 129 Å². The second kappa shape index (κ2) is 10.8. The SMILES string of the molecule is CC.CC1(CN2CCc3nc(-c4ccc(F)c(F)c4)ccc3C2=O)Cn2cc([N+](=O)[O-])nc2O1.CN. The zero-order valence-electron chi connectivity index (χ0n) is 20.5. The Morgan fingerprint density at radius 1 is 1.17 bits per heavy atom. The summed E-state index contributed by atoms with van der Waals surface area (Å²) >= 11 is 0. The molecule has 10 nitrogen and oxygen atoms in total. The number of fused-ring (bicyclic) bond motifs is 2. The molecule has 1 atom stereocenters. The van der Waals surface area contributed by atoms with Crippen molar-refractivity contribution < 1.29 is 23.2 Å². The Bertz CT molecular complexity index is 1260. The van der Waals surface area contributed by atoms with E-state index >= 15 is 0 Å². The summed E-state index contributed by atoms with van der Waals surface area (Å²) in [4.78, 5) is 33.4. The summed E-state index contributed by atoms with van der Waals surface area (Å²) in [6.07, 6.45) is 1.81. The summed E-state index contributed by atoms with van der Waals surface area (Å²) in [5, 5.41) is 10.9. The number of halogens is 2. The number of hydrogen-bond acceptors (Lipinski definition) is 7. The number of ether oxygens (including phenoxy) is 1. The van der Waals surface area contributed by atoms with Crippen molar-refractivity contribution in [2.75, 3.05) is 20.1 Å². The molecule has 192 valence electrons. The van der Waals surface area contributed by atoms with Crippen LogP contribution in [0.15, 0.2) is 36.5 Å².